The van der Waals surface area contributed by atoms with Gasteiger partial charge in [0.25, 0.3) is 0 Å². The zero-order valence-electron chi connectivity index (χ0n) is 11.7. The molecule has 1 fully saturated rings. The molecule has 1 aromatic rings. The SMILES string of the molecule is CC(C)c1ccc2c(c1)C1=C3CCCCC3=NC1=C2. The highest BCUT2D eigenvalue weighted by Crippen LogP contribution is 2.46. The van der Waals surface area contributed by atoms with Crippen LogP contribution in [0.25, 0.3) is 11.6 Å². The number of fused-ring (bicyclic) bond motifs is 4. The van der Waals surface area contributed by atoms with E-state index in [9.17, 15) is 0 Å². The van der Waals surface area contributed by atoms with E-state index < -0.39 is 0 Å². The van der Waals surface area contributed by atoms with Gasteiger partial charge in [-0.1, -0.05) is 32.0 Å². The predicted molar refractivity (Wildman–Crippen MR) is 81.3 cm³/mol. The van der Waals surface area contributed by atoms with Gasteiger partial charge in [-0.3, -0.25) is 4.99 Å². The summed E-state index contributed by atoms with van der Waals surface area (Å²) in [5.41, 5.74) is 9.80. The van der Waals surface area contributed by atoms with E-state index in [-0.39, 0.29) is 0 Å². The molecule has 0 unspecified atom stereocenters. The molecule has 4 rings (SSSR count). The molecular weight excluding hydrogens is 230 g/mol. The highest BCUT2D eigenvalue weighted by Gasteiger charge is 2.31. The summed E-state index contributed by atoms with van der Waals surface area (Å²) in [5, 5.41) is 0. The van der Waals surface area contributed by atoms with E-state index >= 15 is 0 Å². The minimum absolute atomic E-state index is 0.591. The molecule has 0 saturated heterocycles. The largest absolute Gasteiger partial charge is 0.252 e. The van der Waals surface area contributed by atoms with Crippen LogP contribution in [0.1, 0.15) is 62.1 Å². The van der Waals surface area contributed by atoms with Crippen molar-refractivity contribution in [1.82, 2.24) is 0 Å². The van der Waals surface area contributed by atoms with Crippen LogP contribution in [-0.4, -0.2) is 5.71 Å². The molecule has 1 heteroatoms. The summed E-state index contributed by atoms with van der Waals surface area (Å²) in [5.74, 6) is 0.591. The third-order valence-electron chi connectivity index (χ3n) is 4.56. The zero-order chi connectivity index (χ0) is 13.0. The summed E-state index contributed by atoms with van der Waals surface area (Å²) in [7, 11) is 0. The van der Waals surface area contributed by atoms with E-state index in [2.05, 4.69) is 38.1 Å². The Kier molecular flexibility index (Phi) is 2.32. The molecule has 0 amide bonds. The highest BCUT2D eigenvalue weighted by atomic mass is 14.8. The Labute approximate surface area is 114 Å². The quantitative estimate of drug-likeness (QED) is 0.668. The summed E-state index contributed by atoms with van der Waals surface area (Å²) in [4.78, 5) is 4.86. The second-order valence-electron chi connectivity index (χ2n) is 6.15. The van der Waals surface area contributed by atoms with Gasteiger partial charge in [0.2, 0.25) is 0 Å². The maximum absolute atomic E-state index is 4.86. The fraction of sp³-hybridized carbons (Fsp3) is 0.389. The van der Waals surface area contributed by atoms with E-state index in [4.69, 9.17) is 4.99 Å². The number of rotatable bonds is 1. The lowest BCUT2D eigenvalue weighted by Gasteiger charge is -2.15. The van der Waals surface area contributed by atoms with Crippen molar-refractivity contribution in [3.8, 4) is 0 Å². The molecule has 96 valence electrons. The van der Waals surface area contributed by atoms with Gasteiger partial charge in [-0.25, -0.2) is 0 Å². The van der Waals surface area contributed by atoms with Gasteiger partial charge in [-0.2, -0.15) is 0 Å². The van der Waals surface area contributed by atoms with E-state index in [0.29, 0.717) is 5.92 Å². The van der Waals surface area contributed by atoms with E-state index in [1.165, 1.54) is 64.9 Å². The fourth-order valence-corrected chi connectivity index (χ4v) is 3.47. The molecule has 2 aliphatic carbocycles. The van der Waals surface area contributed by atoms with Crippen molar-refractivity contribution in [1.29, 1.82) is 0 Å². The molecule has 1 aromatic carbocycles. The molecule has 0 atom stereocenters. The lowest BCUT2D eigenvalue weighted by atomic mass is 9.88. The number of hydrogen-bond acceptors (Lipinski definition) is 1. The lowest BCUT2D eigenvalue weighted by Crippen LogP contribution is -2.07. The van der Waals surface area contributed by atoms with Crippen LogP contribution in [0, 0.1) is 0 Å². The van der Waals surface area contributed by atoms with E-state index in [1.54, 1.807) is 0 Å². The maximum atomic E-state index is 4.86. The molecule has 0 aromatic heterocycles. The Balaban J connectivity index is 1.89. The molecule has 0 bridgehead atoms. The molecule has 0 radical (unpaired) electrons. The Bertz CT molecular complexity index is 656. The fourth-order valence-electron chi connectivity index (χ4n) is 3.47. The van der Waals surface area contributed by atoms with Gasteiger partial charge in [-0.05, 0) is 59.9 Å². The van der Waals surface area contributed by atoms with Gasteiger partial charge in [0.05, 0.1) is 5.70 Å². The van der Waals surface area contributed by atoms with Crippen molar-refractivity contribution in [2.45, 2.75) is 45.4 Å². The second kappa shape index (κ2) is 3.93. The standard InChI is InChI=1S/C18H19N/c1-11(2)12-7-8-13-10-17-18(15(13)9-12)14-5-3-4-6-16(14)19-17/h7-11H,3-6H2,1-2H3. The smallest absolute Gasteiger partial charge is 0.0721 e. The van der Waals surface area contributed by atoms with E-state index in [0.717, 1.165) is 0 Å². The van der Waals surface area contributed by atoms with Gasteiger partial charge in [0, 0.05) is 11.3 Å². The predicted octanol–water partition coefficient (Wildman–Crippen LogP) is 4.95. The van der Waals surface area contributed by atoms with Crippen molar-refractivity contribution >= 4 is 17.4 Å². The van der Waals surface area contributed by atoms with Crippen LogP contribution in [0.15, 0.2) is 34.5 Å². The monoisotopic (exact) mass is 249 g/mol. The third-order valence-corrected chi connectivity index (χ3v) is 4.56. The molecular formula is C18H19N. The Morgan fingerprint density at radius 1 is 1.11 bits per heavy atom. The first-order chi connectivity index (χ1) is 9.24. The van der Waals surface area contributed by atoms with Crippen molar-refractivity contribution in [2.24, 2.45) is 4.99 Å². The van der Waals surface area contributed by atoms with Crippen LogP contribution in [0.3, 0.4) is 0 Å². The van der Waals surface area contributed by atoms with Gasteiger partial charge < -0.3 is 0 Å². The first-order valence-corrected chi connectivity index (χ1v) is 7.41. The molecule has 1 heterocycles. The van der Waals surface area contributed by atoms with Gasteiger partial charge >= 0.3 is 0 Å². The molecule has 1 saturated carbocycles. The van der Waals surface area contributed by atoms with Crippen molar-refractivity contribution in [3.63, 3.8) is 0 Å². The molecule has 3 aliphatic rings. The van der Waals surface area contributed by atoms with Crippen molar-refractivity contribution in [2.75, 3.05) is 0 Å². The summed E-state index contributed by atoms with van der Waals surface area (Å²) in [6.07, 6.45) is 7.30. The van der Waals surface area contributed by atoms with Crippen LogP contribution in [0.2, 0.25) is 0 Å². The molecule has 1 nitrogen and oxygen atoms in total. The molecule has 0 N–H and O–H groups in total. The second-order valence-corrected chi connectivity index (χ2v) is 6.15. The number of benzene rings is 1. The lowest BCUT2D eigenvalue weighted by molar-refractivity contribution is 0.737. The number of allylic oxidation sites excluding steroid dienone is 2. The van der Waals surface area contributed by atoms with Crippen LogP contribution >= 0.6 is 0 Å². The summed E-state index contributed by atoms with van der Waals surface area (Å²) in [6, 6.07) is 6.92. The number of nitrogens with zero attached hydrogens (tertiary/aromatic N) is 1. The molecule has 0 spiro atoms. The first kappa shape index (κ1) is 11.2. The third kappa shape index (κ3) is 1.57. The first-order valence-electron chi connectivity index (χ1n) is 7.41. The van der Waals surface area contributed by atoms with Gasteiger partial charge in [0.15, 0.2) is 0 Å². The normalized spacial score (nSPS) is 20.2. The minimum Gasteiger partial charge on any atom is -0.252 e. The number of hydrogen-bond donors (Lipinski definition) is 0. The minimum atomic E-state index is 0.591. The van der Waals surface area contributed by atoms with Crippen molar-refractivity contribution < 1.29 is 0 Å². The summed E-state index contributed by atoms with van der Waals surface area (Å²) in [6.45, 7) is 4.53. The van der Waals surface area contributed by atoms with Crippen LogP contribution in [-0.2, 0) is 0 Å². The van der Waals surface area contributed by atoms with Crippen molar-refractivity contribution in [3.05, 3.63) is 46.2 Å². The summed E-state index contributed by atoms with van der Waals surface area (Å²) >= 11 is 0. The van der Waals surface area contributed by atoms with Crippen LogP contribution in [0.4, 0.5) is 0 Å². The van der Waals surface area contributed by atoms with Crippen LogP contribution in [0.5, 0.6) is 0 Å². The van der Waals surface area contributed by atoms with Gasteiger partial charge in [0.1, 0.15) is 0 Å². The molecule has 19 heavy (non-hydrogen) atoms. The highest BCUT2D eigenvalue weighted by molar-refractivity contribution is 6.17. The zero-order valence-corrected chi connectivity index (χ0v) is 11.7. The van der Waals surface area contributed by atoms with Gasteiger partial charge in [-0.15, -0.1) is 0 Å². The molecule has 1 aliphatic heterocycles. The Morgan fingerprint density at radius 3 is 2.79 bits per heavy atom. The Hall–Kier alpha value is -1.63. The average Bonchev–Trinajstić information content (AvgIpc) is 2.92. The van der Waals surface area contributed by atoms with Crippen LogP contribution < -0.4 is 0 Å². The topological polar surface area (TPSA) is 12.4 Å². The maximum Gasteiger partial charge on any atom is 0.0721 e. The summed E-state index contributed by atoms with van der Waals surface area (Å²) < 4.78 is 0. The van der Waals surface area contributed by atoms with E-state index in [1.807, 2.05) is 0 Å². The number of aliphatic imine (C=N–C) groups is 1. The average molecular weight is 249 g/mol. The Morgan fingerprint density at radius 2 is 1.95 bits per heavy atom.